The van der Waals surface area contributed by atoms with Crippen molar-refractivity contribution in [3.63, 3.8) is 0 Å². The second-order valence-corrected chi connectivity index (χ2v) is 5.23. The van der Waals surface area contributed by atoms with Crippen molar-refractivity contribution in [1.82, 2.24) is 10.6 Å². The number of ether oxygens (including phenoxy) is 1. The molecule has 6 heteroatoms. The van der Waals surface area contributed by atoms with Gasteiger partial charge in [-0.25, -0.2) is 4.79 Å². The van der Waals surface area contributed by atoms with Gasteiger partial charge in [0.25, 0.3) is 0 Å². The summed E-state index contributed by atoms with van der Waals surface area (Å²) in [5.74, 6) is 0.177. The Bertz CT molecular complexity index is 314. The Morgan fingerprint density at radius 2 is 2.00 bits per heavy atom. The number of carbonyl (C=O) groups excluding carboxylic acids is 2. The van der Waals surface area contributed by atoms with Gasteiger partial charge in [0.1, 0.15) is 5.54 Å². The van der Waals surface area contributed by atoms with E-state index in [1.807, 2.05) is 13.8 Å². The molecule has 1 heterocycles. The first kappa shape index (κ1) is 19.2. The van der Waals surface area contributed by atoms with Crippen LogP contribution in [0, 0.1) is 5.92 Å². The van der Waals surface area contributed by atoms with Gasteiger partial charge < -0.3 is 15.4 Å². The Kier molecular flexibility index (Phi) is 8.81. The quantitative estimate of drug-likeness (QED) is 0.702. The predicted molar refractivity (Wildman–Crippen MR) is 80.9 cm³/mol. The Morgan fingerprint density at radius 1 is 1.35 bits per heavy atom. The highest BCUT2D eigenvalue weighted by Gasteiger charge is 2.37. The Morgan fingerprint density at radius 3 is 2.45 bits per heavy atom. The number of nitrogens with one attached hydrogen (secondary N) is 2. The zero-order valence-corrected chi connectivity index (χ0v) is 13.5. The minimum absolute atomic E-state index is 0. The maximum atomic E-state index is 12.0. The van der Waals surface area contributed by atoms with Gasteiger partial charge in [-0.3, -0.25) is 4.79 Å². The molecule has 0 bridgehead atoms. The maximum Gasteiger partial charge on any atom is 0.331 e. The van der Waals surface area contributed by atoms with Crippen LogP contribution in [0.5, 0.6) is 0 Å². The summed E-state index contributed by atoms with van der Waals surface area (Å²) in [5.41, 5.74) is -0.861. The SMILES string of the molecule is CCC(CC)(NC(=O)CCC1CCNC1)C(=O)OC.Cl. The zero-order valence-electron chi connectivity index (χ0n) is 12.7. The molecular formula is C14H27ClN2O3. The van der Waals surface area contributed by atoms with Crippen LogP contribution in [0.3, 0.4) is 0 Å². The maximum absolute atomic E-state index is 12.0. The van der Waals surface area contributed by atoms with Gasteiger partial charge in [0.2, 0.25) is 5.91 Å². The van der Waals surface area contributed by atoms with E-state index >= 15 is 0 Å². The van der Waals surface area contributed by atoms with Crippen LogP contribution < -0.4 is 10.6 Å². The van der Waals surface area contributed by atoms with E-state index in [2.05, 4.69) is 10.6 Å². The number of carbonyl (C=O) groups is 2. The van der Waals surface area contributed by atoms with Gasteiger partial charge in [0.05, 0.1) is 7.11 Å². The van der Waals surface area contributed by atoms with Crippen LogP contribution in [0.4, 0.5) is 0 Å². The molecule has 5 nitrogen and oxygen atoms in total. The molecule has 0 aromatic heterocycles. The van der Waals surface area contributed by atoms with E-state index in [4.69, 9.17) is 4.74 Å². The summed E-state index contributed by atoms with van der Waals surface area (Å²) in [7, 11) is 1.36. The number of methoxy groups -OCH3 is 1. The summed E-state index contributed by atoms with van der Waals surface area (Å²) in [6, 6.07) is 0. The van der Waals surface area contributed by atoms with E-state index in [1.54, 1.807) is 0 Å². The van der Waals surface area contributed by atoms with E-state index in [-0.39, 0.29) is 24.3 Å². The molecule has 1 fully saturated rings. The van der Waals surface area contributed by atoms with Crippen molar-refractivity contribution in [2.75, 3.05) is 20.2 Å². The van der Waals surface area contributed by atoms with Crippen molar-refractivity contribution in [1.29, 1.82) is 0 Å². The molecule has 2 N–H and O–H groups in total. The molecule has 1 unspecified atom stereocenters. The predicted octanol–water partition coefficient (Wildman–Crippen LogP) is 1.65. The van der Waals surface area contributed by atoms with Gasteiger partial charge in [0, 0.05) is 6.42 Å². The Hall–Kier alpha value is -0.810. The fraction of sp³-hybridized carbons (Fsp3) is 0.857. The van der Waals surface area contributed by atoms with Crippen molar-refractivity contribution in [2.24, 2.45) is 5.92 Å². The number of rotatable bonds is 7. The minimum atomic E-state index is -0.861. The topological polar surface area (TPSA) is 67.4 Å². The van der Waals surface area contributed by atoms with Crippen LogP contribution in [-0.4, -0.2) is 37.6 Å². The summed E-state index contributed by atoms with van der Waals surface area (Å²) in [6.45, 7) is 5.82. The summed E-state index contributed by atoms with van der Waals surface area (Å²) in [4.78, 5) is 23.9. The fourth-order valence-electron chi connectivity index (χ4n) is 2.59. The van der Waals surface area contributed by atoms with Crippen LogP contribution in [0.25, 0.3) is 0 Å². The first-order valence-electron chi connectivity index (χ1n) is 7.18. The van der Waals surface area contributed by atoms with Crippen molar-refractivity contribution in [3.05, 3.63) is 0 Å². The van der Waals surface area contributed by atoms with E-state index < -0.39 is 5.54 Å². The first-order chi connectivity index (χ1) is 9.07. The summed E-state index contributed by atoms with van der Waals surface area (Å²) >= 11 is 0. The molecule has 1 aliphatic rings. The van der Waals surface area contributed by atoms with Gasteiger partial charge >= 0.3 is 5.97 Å². The molecule has 0 saturated carbocycles. The van der Waals surface area contributed by atoms with Crippen LogP contribution in [0.15, 0.2) is 0 Å². The molecule has 20 heavy (non-hydrogen) atoms. The van der Waals surface area contributed by atoms with Crippen LogP contribution in [0.1, 0.15) is 46.0 Å². The summed E-state index contributed by atoms with van der Waals surface area (Å²) < 4.78 is 4.81. The van der Waals surface area contributed by atoms with E-state index in [0.29, 0.717) is 25.2 Å². The van der Waals surface area contributed by atoms with Crippen molar-refractivity contribution < 1.29 is 14.3 Å². The van der Waals surface area contributed by atoms with Crippen LogP contribution in [0.2, 0.25) is 0 Å². The minimum Gasteiger partial charge on any atom is -0.467 e. The highest BCUT2D eigenvalue weighted by Crippen LogP contribution is 2.19. The lowest BCUT2D eigenvalue weighted by atomic mass is 9.92. The molecule has 0 aliphatic carbocycles. The van der Waals surface area contributed by atoms with E-state index in [0.717, 1.165) is 25.9 Å². The molecule has 1 amide bonds. The summed E-state index contributed by atoms with van der Waals surface area (Å²) in [6.07, 6.45) is 3.59. The molecular weight excluding hydrogens is 280 g/mol. The first-order valence-corrected chi connectivity index (χ1v) is 7.18. The monoisotopic (exact) mass is 306 g/mol. The molecule has 1 rings (SSSR count). The van der Waals surface area contributed by atoms with Gasteiger partial charge in [0.15, 0.2) is 0 Å². The molecule has 1 saturated heterocycles. The molecule has 1 aliphatic heterocycles. The molecule has 0 aromatic rings. The highest BCUT2D eigenvalue weighted by atomic mass is 35.5. The molecule has 0 aromatic carbocycles. The van der Waals surface area contributed by atoms with Crippen molar-refractivity contribution in [3.8, 4) is 0 Å². The van der Waals surface area contributed by atoms with Gasteiger partial charge in [-0.2, -0.15) is 0 Å². The van der Waals surface area contributed by atoms with Crippen LogP contribution in [-0.2, 0) is 14.3 Å². The fourth-order valence-corrected chi connectivity index (χ4v) is 2.59. The lowest BCUT2D eigenvalue weighted by Crippen LogP contribution is -2.54. The van der Waals surface area contributed by atoms with E-state index in [9.17, 15) is 9.59 Å². The number of halogens is 1. The van der Waals surface area contributed by atoms with Crippen LogP contribution >= 0.6 is 12.4 Å². The normalized spacial score (nSPS) is 18.2. The Balaban J connectivity index is 0.00000361. The van der Waals surface area contributed by atoms with Crippen molar-refractivity contribution >= 4 is 24.3 Å². The number of hydrogen-bond acceptors (Lipinski definition) is 4. The summed E-state index contributed by atoms with van der Waals surface area (Å²) in [5, 5.41) is 6.16. The third kappa shape index (κ3) is 4.94. The number of esters is 1. The lowest BCUT2D eigenvalue weighted by Gasteiger charge is -2.29. The number of amides is 1. The third-order valence-corrected chi connectivity index (χ3v) is 4.10. The zero-order chi connectivity index (χ0) is 14.3. The molecule has 0 spiro atoms. The average Bonchev–Trinajstić information content (AvgIpc) is 2.95. The molecule has 118 valence electrons. The average molecular weight is 307 g/mol. The smallest absolute Gasteiger partial charge is 0.331 e. The highest BCUT2D eigenvalue weighted by molar-refractivity contribution is 5.88. The lowest BCUT2D eigenvalue weighted by molar-refractivity contribution is -0.151. The standard InChI is InChI=1S/C14H26N2O3.ClH/c1-4-14(5-2,13(18)19-3)16-12(17)7-6-11-8-9-15-10-11;/h11,15H,4-10H2,1-3H3,(H,16,17);1H. The Labute approximate surface area is 127 Å². The number of hydrogen-bond donors (Lipinski definition) is 2. The van der Waals surface area contributed by atoms with Crippen molar-refractivity contribution in [2.45, 2.75) is 51.5 Å². The largest absolute Gasteiger partial charge is 0.467 e. The van der Waals surface area contributed by atoms with Gasteiger partial charge in [-0.05, 0) is 44.7 Å². The van der Waals surface area contributed by atoms with Gasteiger partial charge in [-0.1, -0.05) is 13.8 Å². The van der Waals surface area contributed by atoms with E-state index in [1.165, 1.54) is 7.11 Å². The van der Waals surface area contributed by atoms with Gasteiger partial charge in [-0.15, -0.1) is 12.4 Å². The second kappa shape index (κ2) is 9.19. The molecule has 1 atom stereocenters. The third-order valence-electron chi connectivity index (χ3n) is 4.10. The molecule has 0 radical (unpaired) electrons. The second-order valence-electron chi connectivity index (χ2n) is 5.23.